The van der Waals surface area contributed by atoms with Crippen LogP contribution in [0.5, 0.6) is 0 Å². The molecule has 3 heteroatoms. The number of nitrogens with one attached hydrogen (secondary N) is 1. The first-order valence-electron chi connectivity index (χ1n) is 5.61. The maximum absolute atomic E-state index is 9.32. The van der Waals surface area contributed by atoms with Gasteiger partial charge in [0.15, 0.2) is 0 Å². The van der Waals surface area contributed by atoms with Gasteiger partial charge in [-0.15, -0.1) is 0 Å². The zero-order valence-corrected chi connectivity index (χ0v) is 11.8. The molecule has 0 amide bonds. The van der Waals surface area contributed by atoms with Crippen LogP contribution in [0, 0.1) is 12.3 Å². The van der Waals surface area contributed by atoms with Gasteiger partial charge >= 0.3 is 0 Å². The van der Waals surface area contributed by atoms with E-state index in [-0.39, 0.29) is 12.0 Å². The highest BCUT2D eigenvalue weighted by molar-refractivity contribution is 9.10. The van der Waals surface area contributed by atoms with E-state index in [1.807, 2.05) is 0 Å². The van der Waals surface area contributed by atoms with Crippen molar-refractivity contribution >= 4 is 21.6 Å². The average Bonchev–Trinajstić information content (AvgIpc) is 2.27. The van der Waals surface area contributed by atoms with Gasteiger partial charge in [0.05, 0.1) is 6.61 Å². The van der Waals surface area contributed by atoms with Crippen molar-refractivity contribution in [3.8, 4) is 0 Å². The molecular weight excluding hydrogens is 266 g/mol. The fourth-order valence-electron chi connectivity index (χ4n) is 1.36. The lowest BCUT2D eigenvalue weighted by Gasteiger charge is -2.26. The van der Waals surface area contributed by atoms with Crippen molar-refractivity contribution in [1.29, 1.82) is 0 Å². The van der Waals surface area contributed by atoms with Crippen LogP contribution in [0.1, 0.15) is 25.8 Å². The molecule has 16 heavy (non-hydrogen) atoms. The molecule has 0 radical (unpaired) electrons. The summed E-state index contributed by atoms with van der Waals surface area (Å²) in [4.78, 5) is 0. The molecule has 1 unspecified atom stereocenters. The Morgan fingerprint density at radius 3 is 2.62 bits per heavy atom. The molecule has 2 nitrogen and oxygen atoms in total. The van der Waals surface area contributed by atoms with E-state index >= 15 is 0 Å². The van der Waals surface area contributed by atoms with E-state index < -0.39 is 0 Å². The van der Waals surface area contributed by atoms with E-state index in [1.165, 1.54) is 5.56 Å². The second kappa shape index (κ2) is 5.69. The third kappa shape index (κ3) is 3.49. The normalized spacial score (nSPS) is 14.6. The van der Waals surface area contributed by atoms with Gasteiger partial charge < -0.3 is 10.4 Å². The van der Waals surface area contributed by atoms with E-state index in [4.69, 9.17) is 0 Å². The second-order valence-electron chi connectivity index (χ2n) is 4.66. The lowest BCUT2D eigenvalue weighted by Crippen LogP contribution is -2.29. The number of aryl methyl sites for hydroxylation is 1. The summed E-state index contributed by atoms with van der Waals surface area (Å²) in [6.45, 7) is 7.24. The van der Waals surface area contributed by atoms with E-state index in [0.717, 1.165) is 23.1 Å². The first-order chi connectivity index (χ1) is 7.50. The quantitative estimate of drug-likeness (QED) is 0.867. The zero-order valence-electron chi connectivity index (χ0n) is 10.2. The predicted molar refractivity (Wildman–Crippen MR) is 72.9 cm³/mol. The Hall–Kier alpha value is -0.540. The molecule has 90 valence electrons. The van der Waals surface area contributed by atoms with Crippen molar-refractivity contribution in [2.24, 2.45) is 5.41 Å². The van der Waals surface area contributed by atoms with Crippen LogP contribution in [0.4, 0.5) is 5.69 Å². The summed E-state index contributed by atoms with van der Waals surface area (Å²) in [5, 5.41) is 12.7. The molecule has 0 spiro atoms. The van der Waals surface area contributed by atoms with Gasteiger partial charge in [-0.2, -0.15) is 0 Å². The van der Waals surface area contributed by atoms with Crippen LogP contribution in [-0.2, 0) is 0 Å². The number of aliphatic hydroxyl groups excluding tert-OH is 1. The largest absolute Gasteiger partial charge is 0.396 e. The Morgan fingerprint density at radius 1 is 1.44 bits per heavy atom. The number of halogens is 1. The number of hydrogen-bond donors (Lipinski definition) is 2. The molecule has 1 atom stereocenters. The van der Waals surface area contributed by atoms with Crippen molar-refractivity contribution < 1.29 is 5.11 Å². The Morgan fingerprint density at radius 2 is 2.12 bits per heavy atom. The summed E-state index contributed by atoms with van der Waals surface area (Å²) in [5.41, 5.74) is 2.26. The molecule has 0 aliphatic heterocycles. The minimum Gasteiger partial charge on any atom is -0.396 e. The molecule has 0 aliphatic carbocycles. The SMILES string of the molecule is CCC(C)(CO)CNc1ccc(C)cc1Br. The summed E-state index contributed by atoms with van der Waals surface area (Å²) in [5.74, 6) is 0. The molecule has 0 aromatic heterocycles. The minimum absolute atomic E-state index is 0.0513. The van der Waals surface area contributed by atoms with E-state index in [9.17, 15) is 5.11 Å². The highest BCUT2D eigenvalue weighted by Crippen LogP contribution is 2.26. The van der Waals surface area contributed by atoms with Crippen molar-refractivity contribution in [3.63, 3.8) is 0 Å². The number of rotatable bonds is 5. The van der Waals surface area contributed by atoms with Crippen LogP contribution in [0.2, 0.25) is 0 Å². The zero-order chi connectivity index (χ0) is 12.2. The van der Waals surface area contributed by atoms with Gasteiger partial charge in [0.1, 0.15) is 0 Å². The van der Waals surface area contributed by atoms with E-state index in [2.05, 4.69) is 60.2 Å². The third-order valence-corrected chi connectivity index (χ3v) is 3.72. The van der Waals surface area contributed by atoms with Gasteiger partial charge in [-0.05, 0) is 47.0 Å². The summed E-state index contributed by atoms with van der Waals surface area (Å²) in [6.07, 6.45) is 0.958. The summed E-state index contributed by atoms with van der Waals surface area (Å²) >= 11 is 3.53. The van der Waals surface area contributed by atoms with E-state index in [1.54, 1.807) is 0 Å². The molecular formula is C13H20BrNO. The van der Waals surface area contributed by atoms with Crippen molar-refractivity contribution in [2.45, 2.75) is 27.2 Å². The number of aliphatic hydroxyl groups is 1. The Balaban J connectivity index is 2.67. The highest BCUT2D eigenvalue weighted by atomic mass is 79.9. The summed E-state index contributed by atoms with van der Waals surface area (Å²) < 4.78 is 1.07. The van der Waals surface area contributed by atoms with Crippen LogP contribution in [0.3, 0.4) is 0 Å². The number of hydrogen-bond acceptors (Lipinski definition) is 2. The molecule has 2 N–H and O–H groups in total. The molecule has 1 aromatic carbocycles. The van der Waals surface area contributed by atoms with Crippen LogP contribution in [0.15, 0.2) is 22.7 Å². The molecule has 0 heterocycles. The van der Waals surface area contributed by atoms with Crippen LogP contribution >= 0.6 is 15.9 Å². The fraction of sp³-hybridized carbons (Fsp3) is 0.538. The van der Waals surface area contributed by atoms with Gasteiger partial charge in [-0.25, -0.2) is 0 Å². The van der Waals surface area contributed by atoms with Crippen LogP contribution in [-0.4, -0.2) is 18.3 Å². The van der Waals surface area contributed by atoms with Crippen molar-refractivity contribution in [3.05, 3.63) is 28.2 Å². The maximum Gasteiger partial charge on any atom is 0.0501 e. The Bertz CT molecular complexity index is 348. The first-order valence-corrected chi connectivity index (χ1v) is 6.41. The summed E-state index contributed by atoms with van der Waals surface area (Å²) in [7, 11) is 0. The number of benzene rings is 1. The lowest BCUT2D eigenvalue weighted by molar-refractivity contribution is 0.149. The van der Waals surface area contributed by atoms with Crippen molar-refractivity contribution in [2.75, 3.05) is 18.5 Å². The molecule has 0 saturated carbocycles. The standard InChI is InChI=1S/C13H20BrNO/c1-4-13(3,9-16)8-15-12-6-5-10(2)7-11(12)14/h5-7,15-16H,4,8-9H2,1-3H3. The Labute approximate surface area is 106 Å². The van der Waals surface area contributed by atoms with Crippen LogP contribution < -0.4 is 5.32 Å². The van der Waals surface area contributed by atoms with E-state index in [0.29, 0.717) is 0 Å². The molecule has 0 bridgehead atoms. The Kier molecular flexibility index (Phi) is 4.81. The second-order valence-corrected chi connectivity index (χ2v) is 5.51. The molecule has 0 fully saturated rings. The number of anilines is 1. The van der Waals surface area contributed by atoms with Gasteiger partial charge in [-0.1, -0.05) is 19.9 Å². The predicted octanol–water partition coefficient (Wildman–Crippen LogP) is 3.58. The maximum atomic E-state index is 9.32. The topological polar surface area (TPSA) is 32.3 Å². The average molecular weight is 286 g/mol. The fourth-order valence-corrected chi connectivity index (χ4v) is 2.00. The lowest BCUT2D eigenvalue weighted by atomic mass is 9.88. The molecule has 1 aromatic rings. The van der Waals surface area contributed by atoms with Gasteiger partial charge in [0.25, 0.3) is 0 Å². The third-order valence-electron chi connectivity index (χ3n) is 3.07. The van der Waals surface area contributed by atoms with Crippen LogP contribution in [0.25, 0.3) is 0 Å². The smallest absolute Gasteiger partial charge is 0.0501 e. The summed E-state index contributed by atoms with van der Waals surface area (Å²) in [6, 6.07) is 6.23. The van der Waals surface area contributed by atoms with Crippen molar-refractivity contribution in [1.82, 2.24) is 0 Å². The highest BCUT2D eigenvalue weighted by Gasteiger charge is 2.20. The minimum atomic E-state index is -0.0513. The van der Waals surface area contributed by atoms with Gasteiger partial charge in [0.2, 0.25) is 0 Å². The molecule has 0 aliphatic rings. The molecule has 0 saturated heterocycles. The monoisotopic (exact) mass is 285 g/mol. The van der Waals surface area contributed by atoms with Gasteiger partial charge in [-0.3, -0.25) is 0 Å². The molecule has 1 rings (SSSR count). The van der Waals surface area contributed by atoms with Gasteiger partial charge in [0, 0.05) is 22.1 Å². The first kappa shape index (κ1) is 13.5.